The quantitative estimate of drug-likeness (QED) is 0.174. The highest BCUT2D eigenvalue weighted by Gasteiger charge is 1.71. The third-order valence-electron chi connectivity index (χ3n) is 0.141. The van der Waals surface area contributed by atoms with Crippen molar-refractivity contribution in [1.82, 2.24) is 0 Å². The van der Waals surface area contributed by atoms with Crippen molar-refractivity contribution in [2.24, 2.45) is 11.1 Å². The highest BCUT2D eigenvalue weighted by Crippen LogP contribution is 1.43. The summed E-state index contributed by atoms with van der Waals surface area (Å²) >= 11 is 0. The molecule has 0 amide bonds. The topological polar surface area (TPSA) is 61.6 Å². The van der Waals surface area contributed by atoms with Crippen LogP contribution in [0.2, 0.25) is 0 Å². The van der Waals surface area contributed by atoms with E-state index in [0.29, 0.717) is 0 Å². The molecule has 0 fully saturated rings. The molecule has 0 aliphatic carbocycles. The number of nitrogens with two attached hydrogens (primary N) is 1. The van der Waals surface area contributed by atoms with Crippen LogP contribution in [0.25, 0.3) is 0 Å². The molecule has 0 aromatic heterocycles. The molecule has 0 heterocycles. The maximum absolute atomic E-state index is 7.57. The molecule has 0 saturated heterocycles. The maximum Gasteiger partial charge on any atom is 0.215 e. The van der Waals surface area contributed by atoms with Gasteiger partial charge in [0.05, 0.1) is 0 Å². The van der Waals surface area contributed by atoms with Gasteiger partial charge in [0.2, 0.25) is 5.28 Å². The molecular formula is CH6N3O+. The average molecular weight is 76.1 g/mol. The molecule has 0 rings (SSSR count). The predicted molar refractivity (Wildman–Crippen MR) is 14.6 cm³/mol. The van der Waals surface area contributed by atoms with Gasteiger partial charge in [-0.1, -0.05) is 0 Å². The third-order valence-corrected chi connectivity index (χ3v) is 0.141. The molecule has 0 bridgehead atoms. The molecule has 4 nitrogen and oxygen atoms in total. The molecule has 0 atom stereocenters. The van der Waals surface area contributed by atoms with Crippen LogP contribution in [0.5, 0.6) is 0 Å². The summed E-state index contributed by atoms with van der Waals surface area (Å²) in [6, 6.07) is 0. The van der Waals surface area contributed by atoms with Crippen molar-refractivity contribution < 1.29 is 10.0 Å². The summed E-state index contributed by atoms with van der Waals surface area (Å²) < 4.78 is 0. The Labute approximate surface area is 29.5 Å². The second kappa shape index (κ2) is 1.51. The Kier molecular flexibility index (Phi) is 1.27. The average Bonchev–Trinajstić information content (AvgIpc) is 1.38. The highest BCUT2D eigenvalue weighted by atomic mass is 16.5. The lowest BCUT2D eigenvalue weighted by molar-refractivity contribution is -0.601. The highest BCUT2D eigenvalue weighted by molar-refractivity contribution is 3.43. The zero-order valence-corrected chi connectivity index (χ0v) is 2.92. The molecular weight excluding hydrogens is 70.0 g/mol. The number of rotatable bonds is 0. The molecule has 0 aliphatic heterocycles. The molecule has 4 heteroatoms. The standard InChI is InChI=1S/CH5N3O/c1-4(2)3-5/h2H2,1H3/p+1. The van der Waals surface area contributed by atoms with Crippen molar-refractivity contribution in [3.63, 3.8) is 0 Å². The van der Waals surface area contributed by atoms with Gasteiger partial charge >= 0.3 is 0 Å². The van der Waals surface area contributed by atoms with E-state index in [4.69, 9.17) is 11.0 Å². The number of nitrogens with zero attached hydrogens (tertiary/aromatic N) is 2. The van der Waals surface area contributed by atoms with Gasteiger partial charge in [-0.2, -0.15) is 5.84 Å². The Balaban J connectivity index is 3.14. The van der Waals surface area contributed by atoms with E-state index < -0.39 is 0 Å². The van der Waals surface area contributed by atoms with Crippen LogP contribution in [-0.4, -0.2) is 17.1 Å². The van der Waals surface area contributed by atoms with Crippen molar-refractivity contribution in [2.75, 3.05) is 7.05 Å². The molecule has 0 aliphatic rings. The molecule has 30 valence electrons. The van der Waals surface area contributed by atoms with Gasteiger partial charge in [0.25, 0.3) is 0 Å². The molecule has 0 radical (unpaired) electrons. The van der Waals surface area contributed by atoms with Crippen molar-refractivity contribution in [3.05, 3.63) is 0 Å². The SMILES string of the molecule is C[N+](N)=NO. The van der Waals surface area contributed by atoms with E-state index in [1.165, 1.54) is 7.05 Å². The number of hydrogen-bond acceptors (Lipinski definition) is 1. The first-order chi connectivity index (χ1) is 2.27. The van der Waals surface area contributed by atoms with E-state index >= 15 is 0 Å². The van der Waals surface area contributed by atoms with Crippen LogP contribution in [0.15, 0.2) is 5.28 Å². The van der Waals surface area contributed by atoms with Gasteiger partial charge in [0.1, 0.15) is 0 Å². The maximum atomic E-state index is 7.57. The zero-order valence-electron chi connectivity index (χ0n) is 2.92. The summed E-state index contributed by atoms with van der Waals surface area (Å²) in [4.78, 5) is 0.806. The number of hydrogen-bond donors (Lipinski definition) is 2. The van der Waals surface area contributed by atoms with Gasteiger partial charge in [-0.3, -0.25) is 0 Å². The Morgan fingerprint density at radius 2 is 2.20 bits per heavy atom. The Morgan fingerprint density at radius 3 is 2.20 bits per heavy atom. The minimum atomic E-state index is 0.806. The van der Waals surface area contributed by atoms with Gasteiger partial charge in [0, 0.05) is 4.81 Å². The summed E-state index contributed by atoms with van der Waals surface area (Å²) in [5, 5.41) is 10.1. The Bertz CT molecular complexity index is 44.9. The van der Waals surface area contributed by atoms with Crippen molar-refractivity contribution in [1.29, 1.82) is 0 Å². The summed E-state index contributed by atoms with van der Waals surface area (Å²) in [5.41, 5.74) is 0. The van der Waals surface area contributed by atoms with E-state index in [1.807, 2.05) is 0 Å². The normalized spacial score (nSPS) is 11.8. The molecule has 0 unspecified atom stereocenters. The largest absolute Gasteiger partial charge is 0.361 e. The van der Waals surface area contributed by atoms with Crippen LogP contribution in [0.1, 0.15) is 0 Å². The van der Waals surface area contributed by atoms with Crippen LogP contribution in [0.4, 0.5) is 0 Å². The van der Waals surface area contributed by atoms with Gasteiger partial charge in [-0.25, -0.2) is 0 Å². The molecule has 5 heavy (non-hydrogen) atoms. The summed E-state index contributed by atoms with van der Waals surface area (Å²) in [6.45, 7) is 0. The van der Waals surface area contributed by atoms with E-state index in [2.05, 4.69) is 5.28 Å². The third kappa shape index (κ3) is 3.20. The van der Waals surface area contributed by atoms with Crippen LogP contribution < -0.4 is 5.84 Å². The van der Waals surface area contributed by atoms with Crippen LogP contribution in [-0.2, 0) is 0 Å². The minimum Gasteiger partial charge on any atom is -0.361 e. The minimum absolute atomic E-state index is 0.806. The fourth-order valence-corrected chi connectivity index (χ4v) is 0. The molecule has 0 aromatic rings. The van der Waals surface area contributed by atoms with Crippen molar-refractivity contribution in [3.8, 4) is 0 Å². The molecule has 0 saturated carbocycles. The van der Waals surface area contributed by atoms with Gasteiger partial charge in [-0.15, -0.1) is 0 Å². The van der Waals surface area contributed by atoms with Crippen LogP contribution in [0.3, 0.4) is 0 Å². The van der Waals surface area contributed by atoms with E-state index in [9.17, 15) is 0 Å². The lowest BCUT2D eigenvalue weighted by atomic mass is 11.5. The Morgan fingerprint density at radius 1 is 2.00 bits per heavy atom. The molecule has 0 aromatic carbocycles. The lowest BCUT2D eigenvalue weighted by Crippen LogP contribution is -2.09. The zero-order chi connectivity index (χ0) is 4.28. The fraction of sp³-hybridized carbons (Fsp3) is 1.00. The lowest BCUT2D eigenvalue weighted by Gasteiger charge is -1.65. The Hall–Kier alpha value is -0.800. The van der Waals surface area contributed by atoms with Crippen LogP contribution in [0, 0.1) is 0 Å². The summed E-state index contributed by atoms with van der Waals surface area (Å²) in [6.07, 6.45) is 0. The second-order valence-electron chi connectivity index (χ2n) is 0.663. The first kappa shape index (κ1) is 4.20. The van der Waals surface area contributed by atoms with Gasteiger partial charge < -0.3 is 5.21 Å². The predicted octanol–water partition coefficient (Wildman–Crippen LogP) is -0.656. The van der Waals surface area contributed by atoms with Crippen LogP contribution >= 0.6 is 0 Å². The van der Waals surface area contributed by atoms with Gasteiger partial charge in [0.15, 0.2) is 7.05 Å². The van der Waals surface area contributed by atoms with E-state index in [0.717, 1.165) is 4.81 Å². The fourth-order valence-electron chi connectivity index (χ4n) is 0. The summed E-state index contributed by atoms with van der Waals surface area (Å²) in [5.74, 6) is 4.71. The molecule has 3 N–H and O–H groups in total. The first-order valence-electron chi connectivity index (χ1n) is 1.11. The summed E-state index contributed by atoms with van der Waals surface area (Å²) in [7, 11) is 1.42. The van der Waals surface area contributed by atoms with E-state index in [-0.39, 0.29) is 0 Å². The second-order valence-corrected chi connectivity index (χ2v) is 0.663. The monoisotopic (exact) mass is 76.1 g/mol. The van der Waals surface area contributed by atoms with Crippen molar-refractivity contribution >= 4 is 0 Å². The molecule has 0 spiro atoms. The number of hydrazine groups is 1. The van der Waals surface area contributed by atoms with Gasteiger partial charge in [-0.05, 0) is 0 Å². The van der Waals surface area contributed by atoms with Crippen molar-refractivity contribution in [2.45, 2.75) is 0 Å². The van der Waals surface area contributed by atoms with E-state index in [1.54, 1.807) is 0 Å². The smallest absolute Gasteiger partial charge is 0.215 e. The first-order valence-corrected chi connectivity index (χ1v) is 1.11.